The van der Waals surface area contributed by atoms with Crippen LogP contribution in [0.5, 0.6) is 0 Å². The summed E-state index contributed by atoms with van der Waals surface area (Å²) in [6, 6.07) is 9.47. The van der Waals surface area contributed by atoms with Crippen molar-refractivity contribution in [3.8, 4) is 0 Å². The molecule has 2 amide bonds. The van der Waals surface area contributed by atoms with Gasteiger partial charge in [0.25, 0.3) is 21.8 Å². The first kappa shape index (κ1) is 20.6. The molecule has 0 fully saturated rings. The zero-order valence-corrected chi connectivity index (χ0v) is 16.9. The number of hydrogen-bond donors (Lipinski definition) is 1. The number of rotatable bonds is 5. The molecule has 1 aliphatic heterocycles. The summed E-state index contributed by atoms with van der Waals surface area (Å²) in [6.07, 6.45) is 1.37. The minimum Gasteiger partial charge on any atom is -0.279 e. The molecule has 10 heteroatoms. The normalized spacial score (nSPS) is 13.5. The van der Waals surface area contributed by atoms with Crippen molar-refractivity contribution in [2.45, 2.75) is 18.4 Å². The standard InChI is InChI=1S/C21H15F2N3O4S/c1-12-9-14(22)6-7-17(12)25-31(29,30)18-10-15(23)5-4-13(18)11-26-20(27)16-3-2-8-24-19(16)21(26)28/h2-10,25H,11H2,1H3. The Labute approximate surface area is 176 Å². The Balaban J connectivity index is 1.70. The predicted molar refractivity (Wildman–Crippen MR) is 107 cm³/mol. The van der Waals surface area contributed by atoms with E-state index in [2.05, 4.69) is 9.71 Å². The molecular weight excluding hydrogens is 428 g/mol. The van der Waals surface area contributed by atoms with Crippen LogP contribution in [0.2, 0.25) is 0 Å². The van der Waals surface area contributed by atoms with Gasteiger partial charge in [-0.1, -0.05) is 6.07 Å². The molecule has 2 aromatic carbocycles. The van der Waals surface area contributed by atoms with Gasteiger partial charge in [-0.2, -0.15) is 0 Å². The van der Waals surface area contributed by atoms with Gasteiger partial charge in [0.15, 0.2) is 0 Å². The Hall–Kier alpha value is -3.66. The lowest BCUT2D eigenvalue weighted by molar-refractivity contribution is 0.0639. The number of fused-ring (bicyclic) bond motifs is 1. The van der Waals surface area contributed by atoms with Gasteiger partial charge in [0.2, 0.25) is 0 Å². The van der Waals surface area contributed by atoms with Crippen molar-refractivity contribution in [3.05, 3.63) is 88.7 Å². The fourth-order valence-electron chi connectivity index (χ4n) is 3.28. The number of carbonyl (C=O) groups is 2. The lowest BCUT2D eigenvalue weighted by Gasteiger charge is -2.18. The average molecular weight is 443 g/mol. The van der Waals surface area contributed by atoms with Gasteiger partial charge in [-0.3, -0.25) is 24.2 Å². The van der Waals surface area contributed by atoms with Crippen molar-refractivity contribution in [1.29, 1.82) is 0 Å². The van der Waals surface area contributed by atoms with Crippen LogP contribution in [0, 0.1) is 18.6 Å². The second-order valence-corrected chi connectivity index (χ2v) is 8.56. The van der Waals surface area contributed by atoms with E-state index in [-0.39, 0.29) is 22.5 Å². The molecule has 0 atom stereocenters. The number of sulfonamides is 1. The molecule has 0 saturated heterocycles. The van der Waals surface area contributed by atoms with Gasteiger partial charge in [0.05, 0.1) is 22.7 Å². The highest BCUT2D eigenvalue weighted by molar-refractivity contribution is 7.92. The molecule has 0 unspecified atom stereocenters. The van der Waals surface area contributed by atoms with Crippen molar-refractivity contribution in [2.75, 3.05) is 4.72 Å². The Bertz CT molecular complexity index is 1310. The SMILES string of the molecule is Cc1cc(F)ccc1NS(=O)(=O)c1cc(F)ccc1CN1C(=O)c2cccnc2C1=O. The highest BCUT2D eigenvalue weighted by Gasteiger charge is 2.37. The average Bonchev–Trinajstić information content (AvgIpc) is 2.96. The molecule has 1 aliphatic rings. The van der Waals surface area contributed by atoms with Gasteiger partial charge in [0.1, 0.15) is 17.3 Å². The summed E-state index contributed by atoms with van der Waals surface area (Å²) in [5, 5.41) is 0. The number of nitrogens with one attached hydrogen (secondary N) is 1. The maximum atomic E-state index is 13.9. The molecule has 158 valence electrons. The largest absolute Gasteiger partial charge is 0.280 e. The van der Waals surface area contributed by atoms with Crippen LogP contribution >= 0.6 is 0 Å². The summed E-state index contributed by atoms with van der Waals surface area (Å²) in [4.78, 5) is 29.5. The lowest BCUT2D eigenvalue weighted by Crippen LogP contribution is -2.30. The zero-order valence-electron chi connectivity index (χ0n) is 16.1. The maximum Gasteiger partial charge on any atom is 0.280 e. The first-order valence-corrected chi connectivity index (χ1v) is 10.5. The van der Waals surface area contributed by atoms with Gasteiger partial charge < -0.3 is 0 Å². The summed E-state index contributed by atoms with van der Waals surface area (Å²) in [7, 11) is -4.32. The highest BCUT2D eigenvalue weighted by Crippen LogP contribution is 2.27. The van der Waals surface area contributed by atoms with E-state index >= 15 is 0 Å². The van der Waals surface area contributed by atoms with Gasteiger partial charge in [0, 0.05) is 6.20 Å². The second kappa shape index (κ2) is 7.55. The van der Waals surface area contributed by atoms with E-state index in [0.717, 1.165) is 29.2 Å². The van der Waals surface area contributed by atoms with E-state index in [4.69, 9.17) is 0 Å². The fourth-order valence-corrected chi connectivity index (χ4v) is 4.65. The van der Waals surface area contributed by atoms with E-state index < -0.39 is 44.9 Å². The smallest absolute Gasteiger partial charge is 0.279 e. The summed E-state index contributed by atoms with van der Waals surface area (Å²) in [6.45, 7) is 1.12. The van der Waals surface area contributed by atoms with E-state index in [1.54, 1.807) is 0 Å². The first-order chi connectivity index (χ1) is 14.7. The molecule has 31 heavy (non-hydrogen) atoms. The van der Waals surface area contributed by atoms with Crippen LogP contribution in [-0.4, -0.2) is 30.1 Å². The summed E-state index contributed by atoms with van der Waals surface area (Å²) >= 11 is 0. The highest BCUT2D eigenvalue weighted by atomic mass is 32.2. The number of aryl methyl sites for hydroxylation is 1. The zero-order chi connectivity index (χ0) is 22.3. The molecule has 7 nitrogen and oxygen atoms in total. The molecule has 1 N–H and O–H groups in total. The molecule has 0 radical (unpaired) electrons. The maximum absolute atomic E-state index is 13.9. The van der Waals surface area contributed by atoms with Crippen LogP contribution in [0.1, 0.15) is 32.0 Å². The van der Waals surface area contributed by atoms with Crippen molar-refractivity contribution >= 4 is 27.5 Å². The Morgan fingerprint density at radius 2 is 1.71 bits per heavy atom. The van der Waals surface area contributed by atoms with Gasteiger partial charge in [-0.05, 0) is 60.5 Å². The van der Waals surface area contributed by atoms with Crippen molar-refractivity contribution in [2.24, 2.45) is 0 Å². The van der Waals surface area contributed by atoms with E-state index in [9.17, 15) is 26.8 Å². The van der Waals surface area contributed by atoms with Gasteiger partial charge >= 0.3 is 0 Å². The van der Waals surface area contributed by atoms with Crippen LogP contribution in [0.15, 0.2) is 59.6 Å². The molecule has 0 spiro atoms. The second-order valence-electron chi connectivity index (χ2n) is 6.91. The van der Waals surface area contributed by atoms with Crippen LogP contribution in [0.25, 0.3) is 0 Å². The third-order valence-corrected chi connectivity index (χ3v) is 6.26. The van der Waals surface area contributed by atoms with Gasteiger partial charge in [-0.15, -0.1) is 0 Å². The Kier molecular flexibility index (Phi) is 5.02. The lowest BCUT2D eigenvalue weighted by atomic mass is 10.2. The van der Waals surface area contributed by atoms with Gasteiger partial charge in [-0.25, -0.2) is 17.2 Å². The molecule has 3 aromatic rings. The van der Waals surface area contributed by atoms with Crippen LogP contribution in [0.4, 0.5) is 14.5 Å². The number of carbonyl (C=O) groups excluding carboxylic acids is 2. The quantitative estimate of drug-likeness (QED) is 0.611. The summed E-state index contributed by atoms with van der Waals surface area (Å²) < 4.78 is 55.6. The third kappa shape index (κ3) is 3.77. The summed E-state index contributed by atoms with van der Waals surface area (Å²) in [5.41, 5.74) is 0.552. The number of imide groups is 1. The minimum absolute atomic E-state index is 0.0286. The molecule has 1 aromatic heterocycles. The number of pyridine rings is 1. The number of aromatic nitrogens is 1. The predicted octanol–water partition coefficient (Wildman–Crippen LogP) is 3.27. The van der Waals surface area contributed by atoms with Crippen molar-refractivity contribution < 1.29 is 26.8 Å². The topological polar surface area (TPSA) is 96.4 Å². The monoisotopic (exact) mass is 443 g/mol. The number of nitrogens with zero attached hydrogens (tertiary/aromatic N) is 2. The molecular formula is C21H15F2N3O4S. The Morgan fingerprint density at radius 1 is 1.00 bits per heavy atom. The number of anilines is 1. The van der Waals surface area contributed by atoms with E-state index in [0.29, 0.717) is 5.56 Å². The number of halogens is 2. The Morgan fingerprint density at radius 3 is 2.42 bits per heavy atom. The number of amides is 2. The van der Waals surface area contributed by atoms with Crippen molar-refractivity contribution in [1.82, 2.24) is 9.88 Å². The van der Waals surface area contributed by atoms with E-state index in [1.165, 1.54) is 37.4 Å². The van der Waals surface area contributed by atoms with Crippen LogP contribution in [-0.2, 0) is 16.6 Å². The number of hydrogen-bond acceptors (Lipinski definition) is 5. The van der Waals surface area contributed by atoms with Crippen LogP contribution < -0.4 is 4.72 Å². The first-order valence-electron chi connectivity index (χ1n) is 9.06. The fraction of sp³-hybridized carbons (Fsp3) is 0.0952. The summed E-state index contributed by atoms with van der Waals surface area (Å²) in [5.74, 6) is -2.64. The van der Waals surface area contributed by atoms with Crippen molar-refractivity contribution in [3.63, 3.8) is 0 Å². The van der Waals surface area contributed by atoms with E-state index in [1.807, 2.05) is 0 Å². The molecule has 2 heterocycles. The molecule has 0 bridgehead atoms. The third-order valence-electron chi connectivity index (χ3n) is 4.81. The molecule has 0 aliphatic carbocycles. The minimum atomic E-state index is -4.32. The van der Waals surface area contributed by atoms with Crippen LogP contribution in [0.3, 0.4) is 0 Å². The molecule has 4 rings (SSSR count). The number of benzene rings is 2. The molecule has 0 saturated carbocycles.